The van der Waals surface area contributed by atoms with Gasteiger partial charge in [-0.3, -0.25) is 0 Å². The fourth-order valence-corrected chi connectivity index (χ4v) is 4.23. The Hall–Kier alpha value is -2.31. The van der Waals surface area contributed by atoms with Gasteiger partial charge >= 0.3 is 0 Å². The van der Waals surface area contributed by atoms with E-state index in [0.29, 0.717) is 0 Å². The molecule has 1 aromatic rings. The van der Waals surface area contributed by atoms with Crippen LogP contribution in [0.1, 0.15) is 30.3 Å². The Labute approximate surface area is 154 Å². The van der Waals surface area contributed by atoms with E-state index in [0.717, 1.165) is 30.5 Å². The highest BCUT2D eigenvalue weighted by molar-refractivity contribution is 7.90. The predicted molar refractivity (Wildman–Crippen MR) is 89.4 cm³/mol. The second-order valence-electron chi connectivity index (χ2n) is 6.60. The third-order valence-electron chi connectivity index (χ3n) is 4.74. The van der Waals surface area contributed by atoms with Gasteiger partial charge in [-0.15, -0.1) is 0 Å². The van der Waals surface area contributed by atoms with Crippen molar-refractivity contribution in [1.29, 1.82) is 5.26 Å². The van der Waals surface area contributed by atoms with Crippen LogP contribution < -0.4 is 4.74 Å². The molecule has 0 aromatic heterocycles. The second-order valence-corrected chi connectivity index (χ2v) is 8.58. The Balaban J connectivity index is 2.12. The minimum atomic E-state index is -3.87. The van der Waals surface area contributed by atoms with Crippen LogP contribution in [-0.2, 0) is 9.84 Å². The van der Waals surface area contributed by atoms with Gasteiger partial charge in [0.15, 0.2) is 22.2 Å². The molecule has 0 spiro atoms. The summed E-state index contributed by atoms with van der Waals surface area (Å²) in [4.78, 5) is -0.396. The number of alkyl halides is 2. The number of rotatable bonds is 3. The van der Waals surface area contributed by atoms with Crippen molar-refractivity contribution in [2.75, 3.05) is 6.26 Å². The van der Waals surface area contributed by atoms with Gasteiger partial charge in [0.1, 0.15) is 23.4 Å². The lowest BCUT2D eigenvalue weighted by Crippen LogP contribution is -2.18. The standard InChI is InChI=1S/C18H16F3NO4S/c1-8-9(7-22)5-10(19)6-12(8)26-11-3-4-13(27(2,24)25)15-14(11)16(20)17(21)18(15)23/h3-6,8-9,16-18,23H,1-2H3/t8?,9?,16-,17-,18+/m1/s1. The molecular formula is C18H16F3NO4S. The average molecular weight is 399 g/mol. The third-order valence-corrected chi connectivity index (χ3v) is 5.90. The number of halogens is 3. The monoisotopic (exact) mass is 399 g/mol. The van der Waals surface area contributed by atoms with Crippen LogP contribution in [0.15, 0.2) is 40.8 Å². The van der Waals surface area contributed by atoms with Gasteiger partial charge in [0.2, 0.25) is 0 Å². The smallest absolute Gasteiger partial charge is 0.175 e. The summed E-state index contributed by atoms with van der Waals surface area (Å²) in [6.07, 6.45) is -3.62. The Bertz CT molecular complexity index is 997. The minimum absolute atomic E-state index is 0.0138. The Morgan fingerprint density at radius 2 is 1.93 bits per heavy atom. The first kappa shape index (κ1) is 19.5. The summed E-state index contributed by atoms with van der Waals surface area (Å²) < 4.78 is 71.7. The number of hydrogen-bond donors (Lipinski definition) is 1. The summed E-state index contributed by atoms with van der Waals surface area (Å²) in [5.74, 6) is -2.30. The first-order chi connectivity index (χ1) is 12.6. The van der Waals surface area contributed by atoms with Crippen LogP contribution in [0.3, 0.4) is 0 Å². The van der Waals surface area contributed by atoms with Crippen molar-refractivity contribution in [2.45, 2.75) is 30.3 Å². The zero-order valence-corrected chi connectivity index (χ0v) is 15.2. The molecule has 1 N–H and O–H groups in total. The Morgan fingerprint density at radius 3 is 2.52 bits per heavy atom. The predicted octanol–water partition coefficient (Wildman–Crippen LogP) is 3.39. The van der Waals surface area contributed by atoms with Gasteiger partial charge in [-0.1, -0.05) is 6.92 Å². The molecule has 2 aliphatic rings. The van der Waals surface area contributed by atoms with Gasteiger partial charge in [-0.2, -0.15) is 5.26 Å². The Morgan fingerprint density at radius 1 is 1.26 bits per heavy atom. The number of hydrogen-bond acceptors (Lipinski definition) is 5. The molecule has 1 aromatic carbocycles. The molecule has 5 nitrogen and oxygen atoms in total. The van der Waals surface area contributed by atoms with E-state index in [2.05, 4.69) is 0 Å². The van der Waals surface area contributed by atoms with Crippen LogP contribution in [0.5, 0.6) is 5.75 Å². The van der Waals surface area contributed by atoms with E-state index in [4.69, 9.17) is 10.00 Å². The first-order valence-electron chi connectivity index (χ1n) is 8.05. The molecule has 0 fully saturated rings. The van der Waals surface area contributed by atoms with Crippen molar-refractivity contribution in [3.8, 4) is 11.8 Å². The molecule has 9 heteroatoms. The van der Waals surface area contributed by atoms with E-state index in [-0.39, 0.29) is 11.5 Å². The highest BCUT2D eigenvalue weighted by Crippen LogP contribution is 2.50. The summed E-state index contributed by atoms with van der Waals surface area (Å²) in [6.45, 7) is 1.60. The number of nitriles is 1. The van der Waals surface area contributed by atoms with Gasteiger partial charge in [-0.25, -0.2) is 21.6 Å². The fourth-order valence-electron chi connectivity index (χ4n) is 3.28. The molecule has 0 heterocycles. The molecule has 2 aliphatic carbocycles. The maximum Gasteiger partial charge on any atom is 0.175 e. The van der Waals surface area contributed by atoms with Crippen molar-refractivity contribution in [3.05, 3.63) is 47.0 Å². The van der Waals surface area contributed by atoms with Crippen LogP contribution in [0.2, 0.25) is 0 Å². The molecule has 0 aliphatic heterocycles. The number of aliphatic hydroxyl groups excluding tert-OH is 1. The lowest BCUT2D eigenvalue weighted by Gasteiger charge is -2.24. The molecule has 144 valence electrons. The van der Waals surface area contributed by atoms with Gasteiger partial charge in [-0.05, 0) is 18.2 Å². The number of aliphatic hydroxyl groups is 1. The zero-order valence-electron chi connectivity index (χ0n) is 14.4. The summed E-state index contributed by atoms with van der Waals surface area (Å²) >= 11 is 0. The molecule has 5 atom stereocenters. The lowest BCUT2D eigenvalue weighted by atomic mass is 9.89. The van der Waals surface area contributed by atoms with Crippen LogP contribution in [0.4, 0.5) is 13.2 Å². The van der Waals surface area contributed by atoms with E-state index >= 15 is 0 Å². The number of fused-ring (bicyclic) bond motifs is 1. The number of benzene rings is 1. The van der Waals surface area contributed by atoms with Crippen molar-refractivity contribution in [3.63, 3.8) is 0 Å². The van der Waals surface area contributed by atoms with Crippen molar-refractivity contribution in [1.82, 2.24) is 0 Å². The number of ether oxygens (including phenoxy) is 1. The SMILES string of the molecule is CC1C(Oc2ccc(S(C)(=O)=O)c3c2[C@@H](F)[C@@H](F)[C@H]3O)=CC(F)=CC1C#N. The van der Waals surface area contributed by atoms with Crippen molar-refractivity contribution < 1.29 is 31.4 Å². The maximum absolute atomic E-state index is 14.5. The van der Waals surface area contributed by atoms with Gasteiger partial charge in [0, 0.05) is 29.4 Å². The van der Waals surface area contributed by atoms with E-state index in [1.165, 1.54) is 0 Å². The summed E-state index contributed by atoms with van der Waals surface area (Å²) in [5.41, 5.74) is -0.818. The van der Waals surface area contributed by atoms with E-state index < -0.39 is 62.0 Å². The molecule has 0 amide bonds. The highest BCUT2D eigenvalue weighted by Gasteiger charge is 2.46. The van der Waals surface area contributed by atoms with E-state index in [1.54, 1.807) is 6.92 Å². The van der Waals surface area contributed by atoms with Crippen LogP contribution in [-0.4, -0.2) is 26.0 Å². The molecule has 0 saturated heterocycles. The number of nitrogens with zero attached hydrogens (tertiary/aromatic N) is 1. The first-order valence-corrected chi connectivity index (χ1v) is 9.94. The molecule has 3 rings (SSSR count). The third kappa shape index (κ3) is 3.24. The summed E-state index contributed by atoms with van der Waals surface area (Å²) in [6, 6.07) is 4.13. The van der Waals surface area contributed by atoms with Crippen molar-refractivity contribution in [2.24, 2.45) is 11.8 Å². The van der Waals surface area contributed by atoms with Gasteiger partial charge in [0.25, 0.3) is 0 Å². The molecule has 0 saturated carbocycles. The van der Waals surface area contributed by atoms with E-state index in [1.807, 2.05) is 6.07 Å². The maximum atomic E-state index is 14.5. The average Bonchev–Trinajstić information content (AvgIpc) is 2.82. The summed E-state index contributed by atoms with van der Waals surface area (Å²) in [7, 11) is -3.87. The normalized spacial score (nSPS) is 30.2. The van der Waals surface area contributed by atoms with Crippen LogP contribution >= 0.6 is 0 Å². The van der Waals surface area contributed by atoms with Gasteiger partial charge < -0.3 is 9.84 Å². The highest BCUT2D eigenvalue weighted by atomic mass is 32.2. The zero-order chi connectivity index (χ0) is 20.1. The Kier molecular flexibility index (Phi) is 4.82. The minimum Gasteiger partial charge on any atom is -0.461 e. The topological polar surface area (TPSA) is 87.4 Å². The number of sulfone groups is 1. The lowest BCUT2D eigenvalue weighted by molar-refractivity contribution is 0.0454. The molecule has 0 radical (unpaired) electrons. The van der Waals surface area contributed by atoms with Gasteiger partial charge in [0.05, 0.1) is 16.9 Å². The molecule has 0 bridgehead atoms. The second kappa shape index (κ2) is 6.69. The van der Waals surface area contributed by atoms with Crippen LogP contribution in [0, 0.1) is 23.2 Å². The molecule has 2 unspecified atom stereocenters. The summed E-state index contributed by atoms with van der Waals surface area (Å²) in [5, 5.41) is 19.1. The quantitative estimate of drug-likeness (QED) is 0.842. The van der Waals surface area contributed by atoms with Crippen molar-refractivity contribution >= 4 is 9.84 Å². The molecule has 27 heavy (non-hydrogen) atoms. The largest absolute Gasteiger partial charge is 0.461 e. The number of allylic oxidation sites excluding steroid dienone is 4. The van der Waals surface area contributed by atoms with Crippen LogP contribution in [0.25, 0.3) is 0 Å². The fraction of sp³-hybridized carbons (Fsp3) is 0.389. The van der Waals surface area contributed by atoms with E-state index in [9.17, 15) is 26.7 Å². The molecular weight excluding hydrogens is 383 g/mol.